The molecule has 0 aliphatic carbocycles. The average molecular weight is 483 g/mol. The second-order valence-electron chi connectivity index (χ2n) is 6.26. The number of nitrogens with one attached hydrogen (secondary N) is 1. The van der Waals surface area contributed by atoms with Crippen LogP contribution in [-0.2, 0) is 4.79 Å². The van der Waals surface area contributed by atoms with Crippen LogP contribution in [0.1, 0.15) is 12.5 Å². The Morgan fingerprint density at radius 1 is 1.29 bits per heavy atom. The molecular weight excluding hydrogens is 464 g/mol. The maximum Gasteiger partial charge on any atom is 0.272 e. The zero-order valence-electron chi connectivity index (χ0n) is 16.7. The number of rotatable bonds is 9. The maximum atomic E-state index is 11.7. The van der Waals surface area contributed by atoms with Crippen LogP contribution in [0.3, 0.4) is 0 Å². The number of nitro groups is 1. The molecule has 0 unspecified atom stereocenters. The Bertz CT molecular complexity index is 1100. The summed E-state index contributed by atoms with van der Waals surface area (Å²) in [6.07, 6.45) is 3.51. The predicted molar refractivity (Wildman–Crippen MR) is 123 cm³/mol. The number of nitro benzene ring substituents is 1. The second-order valence-corrected chi connectivity index (χ2v) is 7.11. The van der Waals surface area contributed by atoms with Crippen molar-refractivity contribution in [3.63, 3.8) is 0 Å². The van der Waals surface area contributed by atoms with Gasteiger partial charge in [-0.05, 0) is 34.1 Å². The van der Waals surface area contributed by atoms with Gasteiger partial charge in [0.2, 0.25) is 5.91 Å². The Balaban J connectivity index is 2.51. The molecule has 2 aromatic rings. The lowest BCUT2D eigenvalue weighted by atomic mass is 10.2. The van der Waals surface area contributed by atoms with Gasteiger partial charge in [-0.2, -0.15) is 5.26 Å². The third-order valence-electron chi connectivity index (χ3n) is 3.99. The highest BCUT2D eigenvalue weighted by atomic mass is 79.9. The number of halogens is 1. The lowest BCUT2D eigenvalue weighted by Gasteiger charge is -2.22. The Labute approximate surface area is 187 Å². The largest absolute Gasteiger partial charge is 0.364 e. The van der Waals surface area contributed by atoms with E-state index in [0.29, 0.717) is 24.5 Å². The van der Waals surface area contributed by atoms with Gasteiger partial charge in [0.25, 0.3) is 5.69 Å². The molecule has 0 spiro atoms. The van der Waals surface area contributed by atoms with Crippen molar-refractivity contribution in [2.75, 3.05) is 23.3 Å². The Hall–Kier alpha value is -3.84. The number of hydrogen-bond donors (Lipinski definition) is 1. The number of amides is 1. The van der Waals surface area contributed by atoms with E-state index in [1.54, 1.807) is 24.3 Å². The summed E-state index contributed by atoms with van der Waals surface area (Å²) in [5.41, 5.74) is 1.48. The minimum absolute atomic E-state index is 0.00865. The number of carbonyl (C=O) groups is 1. The van der Waals surface area contributed by atoms with Gasteiger partial charge in [0.1, 0.15) is 17.4 Å². The summed E-state index contributed by atoms with van der Waals surface area (Å²) in [6, 6.07) is 9.49. The highest BCUT2D eigenvalue weighted by Gasteiger charge is 2.16. The van der Waals surface area contributed by atoms with Gasteiger partial charge >= 0.3 is 0 Å². The van der Waals surface area contributed by atoms with Crippen molar-refractivity contribution in [1.29, 1.82) is 5.26 Å². The van der Waals surface area contributed by atoms with Crippen molar-refractivity contribution in [1.82, 2.24) is 0 Å². The Morgan fingerprint density at radius 2 is 1.97 bits per heavy atom. The first-order chi connectivity index (χ1) is 14.8. The van der Waals surface area contributed by atoms with Crippen LogP contribution in [0.25, 0.3) is 0 Å². The number of hydrogen-bond acceptors (Lipinski definition) is 7. The van der Waals surface area contributed by atoms with Crippen LogP contribution in [0.15, 0.2) is 70.3 Å². The minimum atomic E-state index is -0.599. The number of nitrogens with zero attached hydrogens (tertiary/aromatic N) is 5. The third kappa shape index (κ3) is 6.07. The molecule has 1 amide bonds. The molecule has 0 saturated carbocycles. The van der Waals surface area contributed by atoms with Gasteiger partial charge in [-0.15, -0.1) is 23.4 Å². The van der Waals surface area contributed by atoms with Crippen LogP contribution in [0, 0.1) is 21.4 Å². The van der Waals surface area contributed by atoms with Crippen molar-refractivity contribution in [3.8, 4) is 6.07 Å². The molecule has 0 aliphatic rings. The fraction of sp³-hybridized carbons (Fsp3) is 0.143. The van der Waals surface area contributed by atoms with Gasteiger partial charge in [0.05, 0.1) is 20.6 Å². The average Bonchev–Trinajstić information content (AvgIpc) is 2.72. The van der Waals surface area contributed by atoms with Crippen molar-refractivity contribution >= 4 is 50.3 Å². The summed E-state index contributed by atoms with van der Waals surface area (Å²) in [5, 5.41) is 31.3. The van der Waals surface area contributed by atoms with Crippen LogP contribution in [-0.4, -0.2) is 23.9 Å². The van der Waals surface area contributed by atoms with Gasteiger partial charge in [-0.3, -0.25) is 14.9 Å². The molecule has 10 heteroatoms. The van der Waals surface area contributed by atoms with Gasteiger partial charge in [0, 0.05) is 37.8 Å². The summed E-state index contributed by atoms with van der Waals surface area (Å²) in [7, 11) is 0. The van der Waals surface area contributed by atoms with E-state index in [1.165, 1.54) is 13.0 Å². The van der Waals surface area contributed by atoms with Crippen LogP contribution >= 0.6 is 15.9 Å². The highest BCUT2D eigenvalue weighted by Crippen LogP contribution is 2.36. The summed E-state index contributed by atoms with van der Waals surface area (Å²) < 4.78 is 0.253. The fourth-order valence-electron chi connectivity index (χ4n) is 2.68. The number of benzene rings is 2. The number of azo groups is 1. The lowest BCUT2D eigenvalue weighted by Crippen LogP contribution is -2.23. The molecule has 0 aliphatic heterocycles. The molecule has 2 aromatic carbocycles. The van der Waals surface area contributed by atoms with Gasteiger partial charge in [-0.1, -0.05) is 12.2 Å². The van der Waals surface area contributed by atoms with E-state index in [9.17, 15) is 20.2 Å². The smallest absolute Gasteiger partial charge is 0.272 e. The quantitative estimate of drug-likeness (QED) is 0.210. The van der Waals surface area contributed by atoms with Crippen molar-refractivity contribution in [2.45, 2.75) is 6.92 Å². The fourth-order valence-corrected chi connectivity index (χ4v) is 3.20. The number of nitriles is 1. The second kappa shape index (κ2) is 10.8. The normalized spacial score (nSPS) is 10.4. The lowest BCUT2D eigenvalue weighted by molar-refractivity contribution is -0.384. The van der Waals surface area contributed by atoms with Crippen molar-refractivity contribution in [3.05, 3.63) is 75.8 Å². The third-order valence-corrected chi connectivity index (χ3v) is 4.60. The Kier molecular flexibility index (Phi) is 8.16. The van der Waals surface area contributed by atoms with Crippen molar-refractivity contribution in [2.24, 2.45) is 10.2 Å². The van der Waals surface area contributed by atoms with E-state index in [1.807, 2.05) is 17.0 Å². The monoisotopic (exact) mass is 482 g/mol. The van der Waals surface area contributed by atoms with Gasteiger partial charge < -0.3 is 10.2 Å². The first-order valence-corrected chi connectivity index (χ1v) is 9.78. The molecule has 0 bridgehead atoms. The zero-order valence-corrected chi connectivity index (χ0v) is 18.3. The number of non-ortho nitro benzene ring substituents is 1. The number of anilines is 2. The van der Waals surface area contributed by atoms with E-state index < -0.39 is 4.92 Å². The van der Waals surface area contributed by atoms with Gasteiger partial charge in [-0.25, -0.2) is 0 Å². The molecule has 158 valence electrons. The van der Waals surface area contributed by atoms with E-state index >= 15 is 0 Å². The molecule has 0 heterocycles. The van der Waals surface area contributed by atoms with E-state index in [0.717, 1.165) is 11.8 Å². The molecule has 1 N–H and O–H groups in total. The molecule has 0 radical (unpaired) electrons. The van der Waals surface area contributed by atoms with Crippen LogP contribution in [0.5, 0.6) is 0 Å². The molecule has 0 aromatic heterocycles. The molecule has 31 heavy (non-hydrogen) atoms. The summed E-state index contributed by atoms with van der Waals surface area (Å²) >= 11 is 3.20. The predicted octanol–water partition coefficient (Wildman–Crippen LogP) is 5.78. The van der Waals surface area contributed by atoms with Crippen molar-refractivity contribution < 1.29 is 9.72 Å². The minimum Gasteiger partial charge on any atom is -0.364 e. The van der Waals surface area contributed by atoms with E-state index in [2.05, 4.69) is 44.6 Å². The highest BCUT2D eigenvalue weighted by molar-refractivity contribution is 9.10. The van der Waals surface area contributed by atoms with Crippen LogP contribution < -0.4 is 10.2 Å². The SMILES string of the molecule is C=CCN(CC=C)c1ccc(N=Nc2c(Br)cc([N+](=O)[O-])cc2C#N)c(NC(C)=O)c1. The summed E-state index contributed by atoms with van der Waals surface area (Å²) in [4.78, 5) is 24.1. The molecule has 9 nitrogen and oxygen atoms in total. The molecule has 2 rings (SSSR count). The standard InChI is InChI=1S/C21H19BrN6O3/c1-4-8-27(9-5-2)16-6-7-19(20(12-16)24-14(3)29)25-26-21-15(13-23)10-17(28(30)31)11-18(21)22/h4-7,10-12H,1-2,8-9H2,3H3,(H,24,29). The zero-order chi connectivity index (χ0) is 23.0. The number of carbonyl (C=O) groups excluding carboxylic acids is 1. The first-order valence-electron chi connectivity index (χ1n) is 8.98. The summed E-state index contributed by atoms with van der Waals surface area (Å²) in [5.74, 6) is -0.290. The molecule has 0 saturated heterocycles. The molecular formula is C21H19BrN6O3. The van der Waals surface area contributed by atoms with E-state index in [-0.39, 0.29) is 27.3 Å². The van der Waals surface area contributed by atoms with Crippen LogP contribution in [0.4, 0.5) is 28.4 Å². The molecule has 0 atom stereocenters. The topological polar surface area (TPSA) is 124 Å². The summed E-state index contributed by atoms with van der Waals surface area (Å²) in [6.45, 7) is 10.0. The maximum absolute atomic E-state index is 11.7. The van der Waals surface area contributed by atoms with Crippen LogP contribution in [0.2, 0.25) is 0 Å². The Morgan fingerprint density at radius 3 is 2.52 bits per heavy atom. The van der Waals surface area contributed by atoms with Gasteiger partial charge in [0.15, 0.2) is 0 Å². The van der Waals surface area contributed by atoms with E-state index in [4.69, 9.17) is 0 Å². The first kappa shape index (κ1) is 23.4. The molecule has 0 fully saturated rings.